The van der Waals surface area contributed by atoms with Crippen LogP contribution in [-0.2, 0) is 10.5 Å². The number of thioether (sulfide) groups is 1. The Morgan fingerprint density at radius 2 is 2.25 bits per heavy atom. The number of rotatable bonds is 5. The Morgan fingerprint density at radius 3 is 3.00 bits per heavy atom. The number of carbonyl (C=O) groups is 1. The first kappa shape index (κ1) is 11.3. The summed E-state index contributed by atoms with van der Waals surface area (Å²) in [5.41, 5.74) is 1.83. The lowest BCUT2D eigenvalue weighted by molar-refractivity contribution is -0.305. The Kier molecular flexibility index (Phi) is 3.38. The van der Waals surface area contributed by atoms with Crippen LogP contribution in [0, 0.1) is 0 Å². The molecule has 1 aromatic rings. The number of hydrogen-bond acceptors (Lipinski definition) is 4. The number of carboxylic acids is 1. The van der Waals surface area contributed by atoms with Gasteiger partial charge in [-0.15, -0.1) is 11.8 Å². The third kappa shape index (κ3) is 2.49. The van der Waals surface area contributed by atoms with E-state index in [0.717, 1.165) is 30.0 Å². The third-order valence-corrected chi connectivity index (χ3v) is 4.01. The Hall–Kier alpha value is -1.17. The fraction of sp³-hybridized carbons (Fsp3) is 0.600. The molecule has 0 unspecified atom stereocenters. The van der Waals surface area contributed by atoms with Crippen LogP contribution in [0.3, 0.4) is 0 Å². The number of unbranched alkanes of at least 4 members (excludes halogenated alkanes) is 1. The summed E-state index contributed by atoms with van der Waals surface area (Å²) >= 11 is 1.78. The molecule has 0 saturated heterocycles. The highest BCUT2D eigenvalue weighted by Gasteiger charge is 2.25. The molecular formula is C10H13N2O3S-. The topological polar surface area (TPSA) is 88.8 Å². The molecule has 2 heterocycles. The van der Waals surface area contributed by atoms with Gasteiger partial charge in [0, 0.05) is 22.7 Å². The maximum Gasteiger partial charge on any atom is 0.323 e. The summed E-state index contributed by atoms with van der Waals surface area (Å²) in [4.78, 5) is 26.8. The van der Waals surface area contributed by atoms with Gasteiger partial charge in [-0.1, -0.05) is 6.42 Å². The molecule has 1 aliphatic heterocycles. The van der Waals surface area contributed by atoms with Gasteiger partial charge in [0.25, 0.3) is 0 Å². The molecule has 1 atom stereocenters. The lowest BCUT2D eigenvalue weighted by Gasteiger charge is -2.08. The molecule has 5 nitrogen and oxygen atoms in total. The van der Waals surface area contributed by atoms with Crippen molar-refractivity contribution in [2.75, 3.05) is 0 Å². The van der Waals surface area contributed by atoms with E-state index in [-0.39, 0.29) is 12.1 Å². The second-order valence-electron chi connectivity index (χ2n) is 3.89. The fourth-order valence-corrected chi connectivity index (χ4v) is 3.21. The van der Waals surface area contributed by atoms with Crippen LogP contribution in [0.2, 0.25) is 0 Å². The molecule has 0 spiro atoms. The van der Waals surface area contributed by atoms with E-state index in [1.165, 1.54) is 0 Å². The minimum atomic E-state index is -0.991. The second kappa shape index (κ2) is 4.78. The summed E-state index contributed by atoms with van der Waals surface area (Å²) in [6, 6.07) is 0. The first-order chi connectivity index (χ1) is 7.66. The van der Waals surface area contributed by atoms with Gasteiger partial charge < -0.3 is 19.9 Å². The van der Waals surface area contributed by atoms with Crippen LogP contribution in [0.15, 0.2) is 4.79 Å². The number of carbonyl (C=O) groups excluding carboxylic acids is 1. The third-order valence-electron chi connectivity index (χ3n) is 2.69. The summed E-state index contributed by atoms with van der Waals surface area (Å²) in [5, 5.41) is 10.5. The lowest BCUT2D eigenvalue weighted by Crippen LogP contribution is -2.21. The number of aromatic nitrogens is 2. The number of carboxylic acid groups (broad SMARTS) is 1. The van der Waals surface area contributed by atoms with Crippen molar-refractivity contribution in [2.45, 2.75) is 36.7 Å². The number of aromatic amines is 2. The van der Waals surface area contributed by atoms with E-state index < -0.39 is 5.97 Å². The van der Waals surface area contributed by atoms with Crippen molar-refractivity contribution in [3.8, 4) is 0 Å². The van der Waals surface area contributed by atoms with Crippen LogP contribution in [0.1, 0.15) is 42.3 Å². The quantitative estimate of drug-likeness (QED) is 0.726. The first-order valence-electron chi connectivity index (χ1n) is 5.29. The monoisotopic (exact) mass is 241 g/mol. The lowest BCUT2D eigenvalue weighted by atomic mass is 10.1. The van der Waals surface area contributed by atoms with E-state index in [2.05, 4.69) is 9.97 Å². The van der Waals surface area contributed by atoms with E-state index in [1.807, 2.05) is 0 Å². The Morgan fingerprint density at radius 1 is 1.44 bits per heavy atom. The molecule has 2 N–H and O–H groups in total. The number of fused-ring (bicyclic) bond motifs is 1. The molecule has 88 valence electrons. The Bertz CT molecular complexity index is 438. The molecule has 0 bridgehead atoms. The highest BCUT2D eigenvalue weighted by molar-refractivity contribution is 7.99. The van der Waals surface area contributed by atoms with Crippen molar-refractivity contribution in [3.63, 3.8) is 0 Å². The van der Waals surface area contributed by atoms with Crippen molar-refractivity contribution in [2.24, 2.45) is 0 Å². The number of hydrogen-bond donors (Lipinski definition) is 2. The molecule has 6 heteroatoms. The Balaban J connectivity index is 1.84. The summed E-state index contributed by atoms with van der Waals surface area (Å²) in [6.45, 7) is 0. The van der Waals surface area contributed by atoms with Gasteiger partial charge in [-0.3, -0.25) is 0 Å². The summed E-state index contributed by atoms with van der Waals surface area (Å²) in [5.74, 6) is -0.158. The normalized spacial score (nSPS) is 18.6. The minimum absolute atomic E-state index is 0.119. The molecule has 2 rings (SSSR count). The smallest absolute Gasteiger partial charge is 0.323 e. The van der Waals surface area contributed by atoms with Crippen molar-refractivity contribution in [1.29, 1.82) is 0 Å². The largest absolute Gasteiger partial charge is 0.550 e. The average molecular weight is 241 g/mol. The number of aliphatic carboxylic acids is 1. The van der Waals surface area contributed by atoms with Gasteiger partial charge >= 0.3 is 5.69 Å². The predicted octanol–water partition coefficient (Wildman–Crippen LogP) is 0.301. The molecule has 0 fully saturated rings. The molecule has 16 heavy (non-hydrogen) atoms. The van der Waals surface area contributed by atoms with Gasteiger partial charge in [0.15, 0.2) is 0 Å². The van der Waals surface area contributed by atoms with Gasteiger partial charge in [-0.25, -0.2) is 4.79 Å². The SMILES string of the molecule is O=C([O-])CCCC[C@H]1SCc2[nH]c(=O)[nH]c21. The minimum Gasteiger partial charge on any atom is -0.550 e. The number of H-pyrrole nitrogens is 2. The zero-order valence-electron chi connectivity index (χ0n) is 8.75. The van der Waals surface area contributed by atoms with Crippen molar-refractivity contribution >= 4 is 17.7 Å². The maximum atomic E-state index is 11.1. The predicted molar refractivity (Wildman–Crippen MR) is 58.9 cm³/mol. The van der Waals surface area contributed by atoms with E-state index in [4.69, 9.17) is 0 Å². The molecule has 0 aromatic carbocycles. The molecule has 0 radical (unpaired) electrons. The van der Waals surface area contributed by atoms with Gasteiger partial charge in [-0.2, -0.15) is 0 Å². The summed E-state index contributed by atoms with van der Waals surface area (Å²) in [6.07, 6.45) is 2.51. The molecular weight excluding hydrogens is 228 g/mol. The van der Waals surface area contributed by atoms with Crippen LogP contribution in [-0.4, -0.2) is 15.9 Å². The van der Waals surface area contributed by atoms with Crippen molar-refractivity contribution in [1.82, 2.24) is 9.97 Å². The van der Waals surface area contributed by atoms with Crippen LogP contribution in [0.4, 0.5) is 0 Å². The molecule has 0 amide bonds. The van der Waals surface area contributed by atoms with Crippen LogP contribution in [0.5, 0.6) is 0 Å². The Labute approximate surface area is 96.6 Å². The van der Waals surface area contributed by atoms with E-state index in [9.17, 15) is 14.7 Å². The standard InChI is InChI=1S/C10H14N2O3S/c13-8(14)4-2-1-3-7-9-6(5-16-7)11-10(15)12-9/h7H,1-5H2,(H,13,14)(H2,11,12,15)/p-1/t7-/m1/s1. The van der Waals surface area contributed by atoms with Crippen molar-refractivity contribution in [3.05, 3.63) is 21.9 Å². The van der Waals surface area contributed by atoms with E-state index in [0.29, 0.717) is 11.7 Å². The zero-order chi connectivity index (χ0) is 11.5. The molecule has 0 saturated carbocycles. The maximum absolute atomic E-state index is 11.1. The van der Waals surface area contributed by atoms with Gasteiger partial charge in [0.1, 0.15) is 0 Å². The van der Waals surface area contributed by atoms with Crippen LogP contribution < -0.4 is 10.8 Å². The van der Waals surface area contributed by atoms with Crippen molar-refractivity contribution < 1.29 is 9.90 Å². The average Bonchev–Trinajstić information content (AvgIpc) is 2.72. The van der Waals surface area contributed by atoms with E-state index in [1.54, 1.807) is 11.8 Å². The molecule has 0 aliphatic carbocycles. The van der Waals surface area contributed by atoms with Crippen LogP contribution in [0.25, 0.3) is 0 Å². The summed E-state index contributed by atoms with van der Waals surface area (Å²) < 4.78 is 0. The van der Waals surface area contributed by atoms with Crippen LogP contribution >= 0.6 is 11.8 Å². The van der Waals surface area contributed by atoms with E-state index >= 15 is 0 Å². The van der Waals surface area contributed by atoms with Gasteiger partial charge in [0.2, 0.25) is 0 Å². The number of nitrogens with one attached hydrogen (secondary N) is 2. The van der Waals surface area contributed by atoms with Gasteiger partial charge in [-0.05, 0) is 19.3 Å². The molecule has 1 aromatic heterocycles. The summed E-state index contributed by atoms with van der Waals surface area (Å²) in [7, 11) is 0. The highest BCUT2D eigenvalue weighted by atomic mass is 32.2. The highest BCUT2D eigenvalue weighted by Crippen LogP contribution is 2.42. The van der Waals surface area contributed by atoms with Gasteiger partial charge in [0.05, 0.1) is 5.69 Å². The first-order valence-corrected chi connectivity index (χ1v) is 6.34. The number of imidazole rings is 1. The zero-order valence-corrected chi connectivity index (χ0v) is 9.56. The molecule has 1 aliphatic rings. The fourth-order valence-electron chi connectivity index (χ4n) is 1.92. The second-order valence-corrected chi connectivity index (χ2v) is 5.08.